The second-order valence-electron chi connectivity index (χ2n) is 7.14. The van der Waals surface area contributed by atoms with Crippen molar-refractivity contribution in [2.75, 3.05) is 31.6 Å². The number of carboxylic acids is 2. The number of likely N-dealkylation sites (N-methyl/N-ethyl adjacent to an activating group) is 1. The molecule has 3 rings (SSSR count). The number of nitrogens with zero attached hydrogens (tertiary/aromatic N) is 4. The number of anilines is 1. The van der Waals surface area contributed by atoms with Crippen LogP contribution in [0.5, 0.6) is 0 Å². The van der Waals surface area contributed by atoms with E-state index in [-0.39, 0.29) is 6.54 Å². The Morgan fingerprint density at radius 3 is 2.46 bits per heavy atom. The van der Waals surface area contributed by atoms with E-state index < -0.39 is 11.9 Å². The zero-order chi connectivity index (χ0) is 20.1. The number of carboxylic acid groups (broad SMARTS) is 2. The van der Waals surface area contributed by atoms with E-state index >= 15 is 0 Å². The van der Waals surface area contributed by atoms with E-state index in [1.165, 1.54) is 4.90 Å². The van der Waals surface area contributed by atoms with Gasteiger partial charge in [0.1, 0.15) is 6.54 Å². The molecule has 1 unspecified atom stereocenters. The van der Waals surface area contributed by atoms with Gasteiger partial charge in [0.15, 0.2) is 0 Å². The first-order chi connectivity index (χ1) is 13.4. The molecule has 148 valence electrons. The number of aromatic nitrogens is 2. The number of hydrogen-bond acceptors (Lipinski definition) is 6. The van der Waals surface area contributed by atoms with Gasteiger partial charge in [-0.25, -0.2) is 14.8 Å². The Hall–Kier alpha value is -3.00. The topological polar surface area (TPSA) is 107 Å². The molecule has 0 bridgehead atoms. The fourth-order valence-corrected chi connectivity index (χ4v) is 3.53. The molecule has 1 atom stereocenters. The van der Waals surface area contributed by atoms with E-state index in [1.807, 2.05) is 12.1 Å². The van der Waals surface area contributed by atoms with Gasteiger partial charge in [-0.3, -0.25) is 9.69 Å². The molecule has 1 aromatic heterocycles. The summed E-state index contributed by atoms with van der Waals surface area (Å²) < 4.78 is 0. The molecule has 1 aromatic carbocycles. The van der Waals surface area contributed by atoms with E-state index in [9.17, 15) is 9.59 Å². The number of benzene rings is 1. The maximum absolute atomic E-state index is 11.0. The third-order valence-corrected chi connectivity index (χ3v) is 4.95. The summed E-state index contributed by atoms with van der Waals surface area (Å²) in [6.45, 7) is 2.47. The monoisotopic (exact) mass is 384 g/mol. The highest BCUT2D eigenvalue weighted by atomic mass is 16.4. The van der Waals surface area contributed by atoms with Crippen molar-refractivity contribution < 1.29 is 19.8 Å². The van der Waals surface area contributed by atoms with Gasteiger partial charge in [-0.05, 0) is 43.0 Å². The van der Waals surface area contributed by atoms with Gasteiger partial charge in [-0.2, -0.15) is 0 Å². The molecule has 1 aliphatic rings. The Kier molecular flexibility index (Phi) is 6.20. The Balaban J connectivity index is 1.60. The van der Waals surface area contributed by atoms with Crippen molar-refractivity contribution in [2.45, 2.75) is 25.3 Å². The summed E-state index contributed by atoms with van der Waals surface area (Å²) in [6.07, 6.45) is 5.64. The average molecular weight is 384 g/mol. The van der Waals surface area contributed by atoms with Crippen LogP contribution in [0, 0.1) is 0 Å². The van der Waals surface area contributed by atoms with Crippen LogP contribution in [0.1, 0.15) is 40.2 Å². The standard InChI is InChI=1S/C20H24N4O4/c1-23(13-18(25)26)20-21-9-14(10-22-20)11-24-8-2-3-17(12-24)15-4-6-16(7-5-15)19(27)28/h4-7,9-10,17H,2-3,8,11-13H2,1H3,(H,25,26)(H,27,28). The van der Waals surface area contributed by atoms with E-state index in [2.05, 4.69) is 14.9 Å². The number of likely N-dealkylation sites (tertiary alicyclic amines) is 1. The summed E-state index contributed by atoms with van der Waals surface area (Å²) in [5.41, 5.74) is 2.45. The van der Waals surface area contributed by atoms with Crippen LogP contribution >= 0.6 is 0 Å². The van der Waals surface area contributed by atoms with Gasteiger partial charge in [-0.15, -0.1) is 0 Å². The minimum absolute atomic E-state index is 0.145. The lowest BCUT2D eigenvalue weighted by Crippen LogP contribution is -2.34. The summed E-state index contributed by atoms with van der Waals surface area (Å²) in [5.74, 6) is -1.07. The first kappa shape index (κ1) is 19.8. The number of aliphatic carboxylic acids is 1. The van der Waals surface area contributed by atoms with Crippen molar-refractivity contribution >= 4 is 17.9 Å². The molecule has 0 spiro atoms. The van der Waals surface area contributed by atoms with Gasteiger partial charge in [0.25, 0.3) is 0 Å². The highest BCUT2D eigenvalue weighted by molar-refractivity contribution is 5.87. The Morgan fingerprint density at radius 1 is 1.18 bits per heavy atom. The van der Waals surface area contributed by atoms with Gasteiger partial charge in [0, 0.05) is 38.1 Å². The highest BCUT2D eigenvalue weighted by Crippen LogP contribution is 2.28. The van der Waals surface area contributed by atoms with Gasteiger partial charge < -0.3 is 15.1 Å². The second kappa shape index (κ2) is 8.79. The molecule has 8 nitrogen and oxygen atoms in total. The van der Waals surface area contributed by atoms with Crippen LogP contribution in [0.3, 0.4) is 0 Å². The lowest BCUT2D eigenvalue weighted by atomic mass is 9.90. The number of aromatic carboxylic acids is 1. The third-order valence-electron chi connectivity index (χ3n) is 4.95. The molecule has 0 radical (unpaired) electrons. The summed E-state index contributed by atoms with van der Waals surface area (Å²) in [5, 5.41) is 17.9. The second-order valence-corrected chi connectivity index (χ2v) is 7.14. The third kappa shape index (κ3) is 5.04. The van der Waals surface area contributed by atoms with Gasteiger partial charge in [-0.1, -0.05) is 12.1 Å². The molecule has 2 N–H and O–H groups in total. The molecule has 1 fully saturated rings. The lowest BCUT2D eigenvalue weighted by molar-refractivity contribution is -0.135. The van der Waals surface area contributed by atoms with Crippen LogP contribution < -0.4 is 4.90 Å². The fraction of sp³-hybridized carbons (Fsp3) is 0.400. The molecule has 1 aliphatic heterocycles. The Bertz CT molecular complexity index is 823. The van der Waals surface area contributed by atoms with Crippen molar-refractivity contribution in [2.24, 2.45) is 0 Å². The van der Waals surface area contributed by atoms with E-state index in [1.54, 1.807) is 31.6 Å². The van der Waals surface area contributed by atoms with Gasteiger partial charge >= 0.3 is 11.9 Å². The lowest BCUT2D eigenvalue weighted by Gasteiger charge is -2.33. The number of piperidine rings is 1. The predicted molar refractivity (Wildman–Crippen MR) is 104 cm³/mol. The minimum atomic E-state index is -0.925. The smallest absolute Gasteiger partial charge is 0.335 e. The summed E-state index contributed by atoms with van der Waals surface area (Å²) in [4.78, 5) is 34.2. The molecule has 28 heavy (non-hydrogen) atoms. The van der Waals surface area contributed by atoms with E-state index in [0.717, 1.165) is 43.6 Å². The van der Waals surface area contributed by atoms with Crippen LogP contribution in [0.25, 0.3) is 0 Å². The maximum atomic E-state index is 11.0. The molecule has 2 heterocycles. The van der Waals surface area contributed by atoms with Crippen LogP contribution in [-0.4, -0.2) is 63.7 Å². The van der Waals surface area contributed by atoms with Gasteiger partial charge in [0.05, 0.1) is 5.56 Å². The van der Waals surface area contributed by atoms with Gasteiger partial charge in [0.2, 0.25) is 5.95 Å². The van der Waals surface area contributed by atoms with E-state index in [4.69, 9.17) is 10.2 Å². The first-order valence-electron chi connectivity index (χ1n) is 9.22. The maximum Gasteiger partial charge on any atom is 0.335 e. The molecule has 0 saturated carbocycles. The minimum Gasteiger partial charge on any atom is -0.480 e. The number of hydrogen-bond donors (Lipinski definition) is 2. The van der Waals surface area contributed by atoms with Crippen LogP contribution in [-0.2, 0) is 11.3 Å². The van der Waals surface area contributed by atoms with Crippen LogP contribution in [0.4, 0.5) is 5.95 Å². The number of carbonyl (C=O) groups is 2. The van der Waals surface area contributed by atoms with Crippen molar-refractivity contribution in [1.82, 2.24) is 14.9 Å². The first-order valence-corrected chi connectivity index (χ1v) is 9.22. The highest BCUT2D eigenvalue weighted by Gasteiger charge is 2.22. The Labute approximate surface area is 163 Å². The normalized spacial score (nSPS) is 17.2. The molecule has 0 aliphatic carbocycles. The predicted octanol–water partition coefficient (Wildman–Crippen LogP) is 2.08. The molecular formula is C20H24N4O4. The van der Waals surface area contributed by atoms with Crippen molar-refractivity contribution in [3.05, 3.63) is 53.3 Å². The SMILES string of the molecule is CN(CC(=O)O)c1ncc(CN2CCCC(c3ccc(C(=O)O)cc3)C2)cn1. The average Bonchev–Trinajstić information content (AvgIpc) is 2.68. The van der Waals surface area contributed by atoms with E-state index in [0.29, 0.717) is 17.4 Å². The quantitative estimate of drug-likeness (QED) is 0.747. The summed E-state index contributed by atoms with van der Waals surface area (Å²) >= 11 is 0. The van der Waals surface area contributed by atoms with Crippen molar-refractivity contribution in [3.63, 3.8) is 0 Å². The number of rotatable bonds is 7. The molecule has 0 amide bonds. The van der Waals surface area contributed by atoms with Crippen LogP contribution in [0.15, 0.2) is 36.7 Å². The molecule has 2 aromatic rings. The van der Waals surface area contributed by atoms with Crippen LogP contribution in [0.2, 0.25) is 0 Å². The molecule has 8 heteroatoms. The zero-order valence-electron chi connectivity index (χ0n) is 15.8. The Morgan fingerprint density at radius 2 is 1.86 bits per heavy atom. The van der Waals surface area contributed by atoms with Crippen molar-refractivity contribution in [3.8, 4) is 0 Å². The zero-order valence-corrected chi connectivity index (χ0v) is 15.8. The summed E-state index contributed by atoms with van der Waals surface area (Å²) in [7, 11) is 1.65. The summed E-state index contributed by atoms with van der Waals surface area (Å²) in [6, 6.07) is 7.15. The molecular weight excluding hydrogens is 360 g/mol. The fourth-order valence-electron chi connectivity index (χ4n) is 3.53. The largest absolute Gasteiger partial charge is 0.480 e. The molecule has 1 saturated heterocycles. The van der Waals surface area contributed by atoms with Crippen molar-refractivity contribution in [1.29, 1.82) is 0 Å².